The third-order valence-corrected chi connectivity index (χ3v) is 5.24. The second-order valence-corrected chi connectivity index (χ2v) is 7.23. The third-order valence-electron chi connectivity index (χ3n) is 5.24. The highest BCUT2D eigenvalue weighted by Gasteiger charge is 2.30. The number of piperidine rings is 1. The summed E-state index contributed by atoms with van der Waals surface area (Å²) in [6, 6.07) is 3.18. The first-order chi connectivity index (χ1) is 14.1. The van der Waals surface area contributed by atoms with E-state index < -0.39 is 5.97 Å². The lowest BCUT2D eigenvalue weighted by Gasteiger charge is -2.34. The summed E-state index contributed by atoms with van der Waals surface area (Å²) >= 11 is 0. The number of likely N-dealkylation sites (tertiary alicyclic amines) is 1. The summed E-state index contributed by atoms with van der Waals surface area (Å²) in [6.45, 7) is 7.25. The minimum atomic E-state index is -0.522. The van der Waals surface area contributed by atoms with Crippen molar-refractivity contribution in [3.05, 3.63) is 23.7 Å². The average molecular weight is 407 g/mol. The lowest BCUT2D eigenvalue weighted by atomic mass is 9.96. The number of morpholine rings is 1. The second-order valence-electron chi connectivity index (χ2n) is 7.23. The maximum absolute atomic E-state index is 12.6. The summed E-state index contributed by atoms with van der Waals surface area (Å²) < 4.78 is 15.6. The number of esters is 1. The Balaban J connectivity index is 1.45. The molecule has 1 aromatic rings. The first kappa shape index (κ1) is 21.3. The number of nitrogens with zero attached hydrogens (tertiary/aromatic N) is 2. The molecule has 2 amide bonds. The monoisotopic (exact) mass is 407 g/mol. The normalized spacial score (nSPS) is 20.5. The molecular weight excluding hydrogens is 378 g/mol. The number of nitrogens with one attached hydrogen (secondary N) is 1. The van der Waals surface area contributed by atoms with Gasteiger partial charge in [-0.25, -0.2) is 4.79 Å². The zero-order chi connectivity index (χ0) is 20.6. The van der Waals surface area contributed by atoms with Crippen LogP contribution in [0.15, 0.2) is 16.5 Å². The van der Waals surface area contributed by atoms with E-state index in [1.165, 1.54) is 6.07 Å². The van der Waals surface area contributed by atoms with Crippen molar-refractivity contribution in [2.45, 2.75) is 26.3 Å². The SMILES string of the molecule is CCOC(=O)c1ccc(CNC(=O)C2CCC(=O)N(CCN3CCOCC3)C2)o1. The molecule has 2 aliphatic rings. The highest BCUT2D eigenvalue weighted by atomic mass is 16.5. The molecule has 1 atom stereocenters. The van der Waals surface area contributed by atoms with Crippen molar-refractivity contribution in [1.29, 1.82) is 0 Å². The summed E-state index contributed by atoms with van der Waals surface area (Å²) in [5.74, 6) is -0.162. The van der Waals surface area contributed by atoms with E-state index in [9.17, 15) is 14.4 Å². The number of ether oxygens (including phenoxy) is 2. The minimum Gasteiger partial charge on any atom is -0.460 e. The molecule has 3 heterocycles. The quantitative estimate of drug-likeness (QED) is 0.631. The number of carbonyl (C=O) groups excluding carboxylic acids is 3. The Hall–Kier alpha value is -2.39. The van der Waals surface area contributed by atoms with Crippen molar-refractivity contribution in [3.8, 4) is 0 Å². The zero-order valence-electron chi connectivity index (χ0n) is 16.9. The number of hydrogen-bond donors (Lipinski definition) is 1. The van der Waals surface area contributed by atoms with Gasteiger partial charge in [-0.3, -0.25) is 14.5 Å². The van der Waals surface area contributed by atoms with Crippen LogP contribution in [0.3, 0.4) is 0 Å². The Labute approximate surface area is 170 Å². The number of hydrogen-bond acceptors (Lipinski definition) is 7. The van der Waals surface area contributed by atoms with Gasteiger partial charge < -0.3 is 24.1 Å². The Bertz CT molecular complexity index is 713. The molecule has 0 aliphatic carbocycles. The minimum absolute atomic E-state index is 0.104. The van der Waals surface area contributed by atoms with Crippen LogP contribution in [0.1, 0.15) is 36.1 Å². The number of rotatable bonds is 8. The second kappa shape index (κ2) is 10.4. The molecule has 3 rings (SSSR count). The predicted molar refractivity (Wildman–Crippen MR) is 103 cm³/mol. The highest BCUT2D eigenvalue weighted by Crippen LogP contribution is 2.18. The number of carbonyl (C=O) groups is 3. The van der Waals surface area contributed by atoms with Crippen molar-refractivity contribution in [2.75, 3.05) is 52.5 Å². The number of furan rings is 1. The van der Waals surface area contributed by atoms with Gasteiger partial charge in [-0.1, -0.05) is 0 Å². The average Bonchev–Trinajstić information content (AvgIpc) is 3.21. The maximum atomic E-state index is 12.6. The molecule has 160 valence electrons. The largest absolute Gasteiger partial charge is 0.460 e. The predicted octanol–water partition coefficient (Wildman–Crippen LogP) is 0.643. The molecule has 29 heavy (non-hydrogen) atoms. The lowest BCUT2D eigenvalue weighted by Crippen LogP contribution is -2.49. The van der Waals surface area contributed by atoms with Gasteiger partial charge in [0.05, 0.1) is 32.3 Å². The Morgan fingerprint density at radius 3 is 2.79 bits per heavy atom. The number of amides is 2. The summed E-state index contributed by atoms with van der Waals surface area (Å²) in [6.07, 6.45) is 0.930. The van der Waals surface area contributed by atoms with Gasteiger partial charge in [0.2, 0.25) is 17.6 Å². The van der Waals surface area contributed by atoms with E-state index in [1.807, 2.05) is 0 Å². The topological polar surface area (TPSA) is 101 Å². The van der Waals surface area contributed by atoms with E-state index in [2.05, 4.69) is 10.2 Å². The summed E-state index contributed by atoms with van der Waals surface area (Å²) in [7, 11) is 0. The molecule has 1 unspecified atom stereocenters. The van der Waals surface area contributed by atoms with Gasteiger partial charge in [0.25, 0.3) is 0 Å². The van der Waals surface area contributed by atoms with Crippen molar-refractivity contribution >= 4 is 17.8 Å². The fraction of sp³-hybridized carbons (Fsp3) is 0.650. The van der Waals surface area contributed by atoms with E-state index in [-0.39, 0.29) is 36.6 Å². The molecule has 1 aromatic heterocycles. The van der Waals surface area contributed by atoms with Crippen LogP contribution in [0.2, 0.25) is 0 Å². The molecular formula is C20H29N3O6. The van der Waals surface area contributed by atoms with Crippen molar-refractivity contribution in [2.24, 2.45) is 5.92 Å². The van der Waals surface area contributed by atoms with E-state index >= 15 is 0 Å². The Morgan fingerprint density at radius 1 is 1.24 bits per heavy atom. The molecule has 9 heteroatoms. The molecule has 0 bridgehead atoms. The Kier molecular flexibility index (Phi) is 7.65. The first-order valence-corrected chi connectivity index (χ1v) is 10.2. The van der Waals surface area contributed by atoms with E-state index in [0.29, 0.717) is 31.7 Å². The fourth-order valence-corrected chi connectivity index (χ4v) is 3.54. The summed E-state index contributed by atoms with van der Waals surface area (Å²) in [5, 5.41) is 2.84. The molecule has 0 saturated carbocycles. The van der Waals surface area contributed by atoms with Gasteiger partial charge >= 0.3 is 5.97 Å². The van der Waals surface area contributed by atoms with Crippen LogP contribution in [-0.2, 0) is 25.6 Å². The van der Waals surface area contributed by atoms with E-state index in [4.69, 9.17) is 13.9 Å². The zero-order valence-corrected chi connectivity index (χ0v) is 16.9. The summed E-state index contributed by atoms with van der Waals surface area (Å²) in [4.78, 5) is 40.5. The molecule has 2 fully saturated rings. The van der Waals surface area contributed by atoms with Crippen LogP contribution in [0.5, 0.6) is 0 Å². The van der Waals surface area contributed by atoms with Crippen molar-refractivity contribution in [1.82, 2.24) is 15.1 Å². The standard InChI is InChI=1S/C20H29N3O6/c1-2-28-20(26)17-5-4-16(29-17)13-21-19(25)15-3-6-18(24)23(14-15)8-7-22-9-11-27-12-10-22/h4-5,15H,2-3,6-14H2,1H3,(H,21,25). The van der Waals surface area contributed by atoms with Crippen molar-refractivity contribution in [3.63, 3.8) is 0 Å². The van der Waals surface area contributed by atoms with Gasteiger partial charge in [-0.2, -0.15) is 0 Å². The van der Waals surface area contributed by atoms with Crippen molar-refractivity contribution < 1.29 is 28.3 Å². The molecule has 0 aromatic carbocycles. The fourth-order valence-electron chi connectivity index (χ4n) is 3.54. The van der Waals surface area contributed by atoms with Crippen LogP contribution in [0.25, 0.3) is 0 Å². The lowest BCUT2D eigenvalue weighted by molar-refractivity contribution is -0.138. The van der Waals surface area contributed by atoms with E-state index in [0.717, 1.165) is 32.8 Å². The van der Waals surface area contributed by atoms with Gasteiger partial charge in [0.1, 0.15) is 5.76 Å². The maximum Gasteiger partial charge on any atom is 0.374 e. The van der Waals surface area contributed by atoms with Gasteiger partial charge in [0.15, 0.2) is 0 Å². The molecule has 1 N–H and O–H groups in total. The van der Waals surface area contributed by atoms with Crippen LogP contribution in [0, 0.1) is 5.92 Å². The third kappa shape index (κ3) is 6.04. The van der Waals surface area contributed by atoms with Gasteiger partial charge in [-0.05, 0) is 25.5 Å². The van der Waals surface area contributed by atoms with Crippen LogP contribution in [-0.4, -0.2) is 80.1 Å². The highest BCUT2D eigenvalue weighted by molar-refractivity contribution is 5.86. The first-order valence-electron chi connectivity index (χ1n) is 10.2. The van der Waals surface area contributed by atoms with E-state index in [1.54, 1.807) is 17.9 Å². The van der Waals surface area contributed by atoms with Crippen LogP contribution >= 0.6 is 0 Å². The van der Waals surface area contributed by atoms with Gasteiger partial charge in [0, 0.05) is 39.1 Å². The molecule has 2 saturated heterocycles. The molecule has 2 aliphatic heterocycles. The van der Waals surface area contributed by atoms with Crippen LogP contribution in [0.4, 0.5) is 0 Å². The van der Waals surface area contributed by atoms with Gasteiger partial charge in [-0.15, -0.1) is 0 Å². The Morgan fingerprint density at radius 2 is 2.03 bits per heavy atom. The smallest absolute Gasteiger partial charge is 0.374 e. The van der Waals surface area contributed by atoms with Crippen LogP contribution < -0.4 is 5.32 Å². The molecule has 9 nitrogen and oxygen atoms in total. The summed E-state index contributed by atoms with van der Waals surface area (Å²) in [5.41, 5.74) is 0. The molecule has 0 spiro atoms. The molecule has 0 radical (unpaired) electrons.